The van der Waals surface area contributed by atoms with E-state index in [1.54, 1.807) is 18.2 Å². The van der Waals surface area contributed by atoms with E-state index < -0.39 is 11.9 Å². The second-order valence-electron chi connectivity index (χ2n) is 6.78. The molecule has 1 N–H and O–H groups in total. The molecule has 0 spiro atoms. The van der Waals surface area contributed by atoms with Crippen molar-refractivity contribution < 1.29 is 9.90 Å². The summed E-state index contributed by atoms with van der Waals surface area (Å²) in [6.07, 6.45) is 0.375. The summed E-state index contributed by atoms with van der Waals surface area (Å²) >= 11 is 0. The Morgan fingerprint density at radius 1 is 1.17 bits per heavy atom. The van der Waals surface area contributed by atoms with Gasteiger partial charge >= 0.3 is 5.97 Å². The quantitative estimate of drug-likeness (QED) is 0.917. The molecule has 2 aromatic carbocycles. The van der Waals surface area contributed by atoms with E-state index in [4.69, 9.17) is 5.26 Å². The zero-order chi connectivity index (χ0) is 17.0. The van der Waals surface area contributed by atoms with Gasteiger partial charge in [-0.1, -0.05) is 57.2 Å². The van der Waals surface area contributed by atoms with Gasteiger partial charge in [0, 0.05) is 0 Å². The molecule has 0 aliphatic heterocycles. The van der Waals surface area contributed by atoms with Crippen LogP contribution in [0.2, 0.25) is 0 Å². The first-order valence-electron chi connectivity index (χ1n) is 7.63. The molecule has 0 heterocycles. The lowest BCUT2D eigenvalue weighted by Gasteiger charge is -2.20. The minimum Gasteiger partial charge on any atom is -0.481 e. The van der Waals surface area contributed by atoms with E-state index >= 15 is 0 Å². The molecule has 0 radical (unpaired) electrons. The van der Waals surface area contributed by atoms with Crippen LogP contribution in [0.15, 0.2) is 48.5 Å². The maximum absolute atomic E-state index is 11.7. The molecular weight excluding hydrogens is 286 g/mol. The van der Waals surface area contributed by atoms with E-state index in [-0.39, 0.29) is 5.41 Å². The highest BCUT2D eigenvalue weighted by Gasteiger charge is 2.21. The molecule has 0 fully saturated rings. The number of carbonyl (C=O) groups is 1. The lowest BCUT2D eigenvalue weighted by molar-refractivity contribution is -0.138. The minimum absolute atomic E-state index is 0.0401. The fourth-order valence-corrected chi connectivity index (χ4v) is 2.57. The molecule has 0 aliphatic rings. The van der Waals surface area contributed by atoms with Gasteiger partial charge in [-0.2, -0.15) is 5.26 Å². The highest BCUT2D eigenvalue weighted by molar-refractivity contribution is 5.76. The third kappa shape index (κ3) is 4.20. The van der Waals surface area contributed by atoms with Gasteiger partial charge in [-0.3, -0.25) is 4.79 Å². The topological polar surface area (TPSA) is 61.1 Å². The highest BCUT2D eigenvalue weighted by atomic mass is 16.4. The summed E-state index contributed by atoms with van der Waals surface area (Å²) < 4.78 is 0. The van der Waals surface area contributed by atoms with Gasteiger partial charge in [0.1, 0.15) is 0 Å². The number of aliphatic carboxylic acids is 1. The second kappa shape index (κ2) is 6.66. The Hall–Kier alpha value is -2.60. The normalized spacial score (nSPS) is 12.4. The summed E-state index contributed by atoms with van der Waals surface area (Å²) in [5.41, 5.74) is 3.41. The number of nitriles is 1. The molecule has 1 unspecified atom stereocenters. The molecule has 1 atom stereocenters. The van der Waals surface area contributed by atoms with Gasteiger partial charge in [-0.25, -0.2) is 0 Å². The predicted octanol–water partition coefficient (Wildman–Crippen LogP) is 4.27. The Kier molecular flexibility index (Phi) is 4.86. The van der Waals surface area contributed by atoms with Crippen LogP contribution in [-0.2, 0) is 16.6 Å². The molecule has 2 rings (SSSR count). The van der Waals surface area contributed by atoms with Crippen molar-refractivity contribution in [2.75, 3.05) is 0 Å². The zero-order valence-electron chi connectivity index (χ0n) is 13.7. The van der Waals surface area contributed by atoms with Crippen molar-refractivity contribution in [3.8, 4) is 6.07 Å². The number of hydrogen-bond donors (Lipinski definition) is 1. The molecule has 0 saturated carbocycles. The molecule has 2 aromatic rings. The van der Waals surface area contributed by atoms with Crippen molar-refractivity contribution >= 4 is 5.97 Å². The third-order valence-corrected chi connectivity index (χ3v) is 3.97. The average molecular weight is 307 g/mol. The first-order chi connectivity index (χ1) is 10.8. The van der Waals surface area contributed by atoms with Crippen LogP contribution in [0.25, 0.3) is 0 Å². The van der Waals surface area contributed by atoms with Crippen LogP contribution in [0.4, 0.5) is 0 Å². The standard InChI is InChI=1S/C20H21NO2/c1-20(2,3)17-9-7-16(8-10-17)18(19(22)23)12-14-5-4-6-15(11-14)13-21/h4-11,18H,12H2,1-3H3,(H,22,23). The first-order valence-corrected chi connectivity index (χ1v) is 7.63. The third-order valence-electron chi connectivity index (χ3n) is 3.97. The molecule has 0 aromatic heterocycles. The number of carboxylic acids is 1. The Morgan fingerprint density at radius 3 is 2.35 bits per heavy atom. The fourth-order valence-electron chi connectivity index (χ4n) is 2.57. The zero-order valence-corrected chi connectivity index (χ0v) is 13.7. The van der Waals surface area contributed by atoms with E-state index in [1.165, 1.54) is 5.56 Å². The van der Waals surface area contributed by atoms with Crippen molar-refractivity contribution in [3.63, 3.8) is 0 Å². The van der Waals surface area contributed by atoms with Crippen LogP contribution in [0.1, 0.15) is 48.9 Å². The SMILES string of the molecule is CC(C)(C)c1ccc(C(Cc2cccc(C#N)c2)C(=O)O)cc1. The molecule has 0 saturated heterocycles. The maximum Gasteiger partial charge on any atom is 0.311 e. The Balaban J connectivity index is 2.28. The summed E-state index contributed by atoms with van der Waals surface area (Å²) in [4.78, 5) is 11.7. The van der Waals surface area contributed by atoms with E-state index in [2.05, 4.69) is 26.8 Å². The number of benzene rings is 2. The molecule has 0 aliphatic carbocycles. The molecule has 0 amide bonds. The van der Waals surface area contributed by atoms with Crippen LogP contribution >= 0.6 is 0 Å². The number of rotatable bonds is 4. The number of hydrogen-bond acceptors (Lipinski definition) is 2. The molecule has 3 nitrogen and oxygen atoms in total. The Labute approximate surface area is 137 Å². The van der Waals surface area contributed by atoms with Gasteiger partial charge in [0.05, 0.1) is 17.6 Å². The number of carboxylic acid groups (broad SMARTS) is 1. The maximum atomic E-state index is 11.7. The lowest BCUT2D eigenvalue weighted by Crippen LogP contribution is -2.16. The minimum atomic E-state index is -0.851. The van der Waals surface area contributed by atoms with Gasteiger partial charge in [-0.15, -0.1) is 0 Å². The van der Waals surface area contributed by atoms with Crippen molar-refractivity contribution in [2.24, 2.45) is 0 Å². The Bertz CT molecular complexity index is 733. The van der Waals surface area contributed by atoms with Gasteiger partial charge in [0.25, 0.3) is 0 Å². The van der Waals surface area contributed by atoms with E-state index in [9.17, 15) is 9.90 Å². The van der Waals surface area contributed by atoms with E-state index in [0.29, 0.717) is 12.0 Å². The summed E-state index contributed by atoms with van der Waals surface area (Å²) in [7, 11) is 0. The molecule has 23 heavy (non-hydrogen) atoms. The van der Waals surface area contributed by atoms with Gasteiger partial charge in [0.15, 0.2) is 0 Å². The summed E-state index contributed by atoms with van der Waals surface area (Å²) in [5, 5.41) is 18.5. The smallest absolute Gasteiger partial charge is 0.311 e. The molecular formula is C20H21NO2. The molecule has 3 heteroatoms. The molecule has 0 bridgehead atoms. The lowest BCUT2D eigenvalue weighted by atomic mass is 9.84. The van der Waals surface area contributed by atoms with Crippen LogP contribution in [0, 0.1) is 11.3 Å². The summed E-state index contributed by atoms with van der Waals surface area (Å²) in [6, 6.07) is 17.0. The van der Waals surface area contributed by atoms with Crippen molar-refractivity contribution in [3.05, 3.63) is 70.8 Å². The second-order valence-corrected chi connectivity index (χ2v) is 6.78. The predicted molar refractivity (Wildman–Crippen MR) is 90.4 cm³/mol. The van der Waals surface area contributed by atoms with Gasteiger partial charge in [0.2, 0.25) is 0 Å². The van der Waals surface area contributed by atoms with Gasteiger partial charge < -0.3 is 5.11 Å². The average Bonchev–Trinajstić information content (AvgIpc) is 2.52. The fraction of sp³-hybridized carbons (Fsp3) is 0.300. The van der Waals surface area contributed by atoms with Crippen molar-refractivity contribution in [1.82, 2.24) is 0 Å². The van der Waals surface area contributed by atoms with Crippen molar-refractivity contribution in [2.45, 2.75) is 38.5 Å². The van der Waals surface area contributed by atoms with Crippen LogP contribution in [0.3, 0.4) is 0 Å². The van der Waals surface area contributed by atoms with E-state index in [1.807, 2.05) is 30.3 Å². The first kappa shape index (κ1) is 16.8. The molecule has 118 valence electrons. The van der Waals surface area contributed by atoms with Gasteiger partial charge in [-0.05, 0) is 40.7 Å². The Morgan fingerprint density at radius 2 is 1.83 bits per heavy atom. The summed E-state index contributed by atoms with van der Waals surface area (Å²) in [5.74, 6) is -1.46. The van der Waals surface area contributed by atoms with Crippen molar-refractivity contribution in [1.29, 1.82) is 5.26 Å². The monoisotopic (exact) mass is 307 g/mol. The largest absolute Gasteiger partial charge is 0.481 e. The highest BCUT2D eigenvalue weighted by Crippen LogP contribution is 2.26. The number of nitrogens with zero attached hydrogens (tertiary/aromatic N) is 1. The van der Waals surface area contributed by atoms with E-state index in [0.717, 1.165) is 11.1 Å². The van der Waals surface area contributed by atoms with Crippen LogP contribution < -0.4 is 0 Å². The van der Waals surface area contributed by atoms with Crippen LogP contribution in [-0.4, -0.2) is 11.1 Å². The van der Waals surface area contributed by atoms with Crippen LogP contribution in [0.5, 0.6) is 0 Å². The summed E-state index contributed by atoms with van der Waals surface area (Å²) in [6.45, 7) is 6.39.